The zero-order valence-electron chi connectivity index (χ0n) is 17.7. The average molecular weight is 444 g/mol. The number of sulfonamides is 1. The number of carbonyl (C=O) groups is 2. The Balaban J connectivity index is 1.65. The minimum Gasteiger partial charge on any atom is -0.482 e. The van der Waals surface area contributed by atoms with E-state index < -0.39 is 16.1 Å². The number of aryl methyl sites for hydroxylation is 2. The number of carbonyl (C=O) groups excluding carboxylic acids is 2. The summed E-state index contributed by atoms with van der Waals surface area (Å²) in [6, 6.07) is 9.79. The van der Waals surface area contributed by atoms with Crippen molar-refractivity contribution in [2.24, 2.45) is 0 Å². The molecule has 31 heavy (non-hydrogen) atoms. The summed E-state index contributed by atoms with van der Waals surface area (Å²) in [5.74, 6) is -0.236. The number of likely N-dealkylation sites (N-methyl/N-ethyl adjacent to an activating group) is 1. The van der Waals surface area contributed by atoms with Crippen LogP contribution in [0.25, 0.3) is 0 Å². The highest BCUT2D eigenvalue weighted by molar-refractivity contribution is 7.89. The van der Waals surface area contributed by atoms with Crippen molar-refractivity contribution < 1.29 is 22.7 Å². The van der Waals surface area contributed by atoms with Crippen LogP contribution in [-0.2, 0) is 19.6 Å². The van der Waals surface area contributed by atoms with Gasteiger partial charge in [0, 0.05) is 25.3 Å². The molecule has 2 aliphatic rings. The van der Waals surface area contributed by atoms with Gasteiger partial charge < -0.3 is 15.0 Å². The Labute approximate surface area is 181 Å². The van der Waals surface area contributed by atoms with Gasteiger partial charge in [-0.3, -0.25) is 9.59 Å². The standard InChI is InChI=1S/C22H25N3O5S/c1-14-6-4-7-16(10-14)24(3)22(27)18-8-5-9-25(18)31(28,29)20-12-19-17(11-15(20)2)23-21(26)13-30-19/h4,6-7,10-12,18H,5,8-9,13H2,1-3H3,(H,23,26)/t18-/m0/s1. The van der Waals surface area contributed by atoms with Gasteiger partial charge in [-0.15, -0.1) is 0 Å². The lowest BCUT2D eigenvalue weighted by atomic mass is 10.1. The minimum atomic E-state index is -3.94. The molecule has 2 aromatic carbocycles. The van der Waals surface area contributed by atoms with Crippen LogP contribution in [0, 0.1) is 13.8 Å². The number of hydrogen-bond donors (Lipinski definition) is 1. The Morgan fingerprint density at radius 2 is 2.00 bits per heavy atom. The lowest BCUT2D eigenvalue weighted by Gasteiger charge is -2.28. The van der Waals surface area contributed by atoms with Crippen molar-refractivity contribution >= 4 is 33.2 Å². The number of fused-ring (bicyclic) bond motifs is 1. The fourth-order valence-electron chi connectivity index (χ4n) is 4.08. The van der Waals surface area contributed by atoms with Crippen LogP contribution in [0.5, 0.6) is 5.75 Å². The number of amides is 2. The summed E-state index contributed by atoms with van der Waals surface area (Å²) in [4.78, 5) is 26.4. The molecule has 4 rings (SSSR count). The highest BCUT2D eigenvalue weighted by atomic mass is 32.2. The monoisotopic (exact) mass is 443 g/mol. The highest BCUT2D eigenvalue weighted by Gasteiger charge is 2.41. The molecule has 0 saturated carbocycles. The fourth-order valence-corrected chi connectivity index (χ4v) is 5.96. The van der Waals surface area contributed by atoms with E-state index in [1.807, 2.05) is 31.2 Å². The van der Waals surface area contributed by atoms with Gasteiger partial charge in [0.25, 0.3) is 5.91 Å². The van der Waals surface area contributed by atoms with E-state index in [-0.39, 0.29) is 29.9 Å². The third-order valence-electron chi connectivity index (χ3n) is 5.70. The molecule has 0 aromatic heterocycles. The summed E-state index contributed by atoms with van der Waals surface area (Å²) in [7, 11) is -2.27. The van der Waals surface area contributed by atoms with Gasteiger partial charge in [-0.1, -0.05) is 12.1 Å². The van der Waals surface area contributed by atoms with E-state index in [0.717, 1.165) is 11.3 Å². The maximum Gasteiger partial charge on any atom is 0.262 e. The predicted octanol–water partition coefficient (Wildman–Crippen LogP) is 2.45. The third-order valence-corrected chi connectivity index (χ3v) is 7.76. The van der Waals surface area contributed by atoms with Crippen molar-refractivity contribution in [1.82, 2.24) is 4.31 Å². The second-order valence-corrected chi connectivity index (χ2v) is 9.82. The molecule has 2 aromatic rings. The normalized spacial score (nSPS) is 18.8. The lowest BCUT2D eigenvalue weighted by molar-refractivity contribution is -0.121. The first kappa shape index (κ1) is 21.3. The van der Waals surface area contributed by atoms with E-state index in [4.69, 9.17) is 4.74 Å². The number of hydrogen-bond acceptors (Lipinski definition) is 5. The zero-order chi connectivity index (χ0) is 22.3. The summed E-state index contributed by atoms with van der Waals surface area (Å²) in [6.45, 7) is 3.72. The summed E-state index contributed by atoms with van der Waals surface area (Å²) >= 11 is 0. The van der Waals surface area contributed by atoms with E-state index in [0.29, 0.717) is 29.8 Å². The molecule has 2 aliphatic heterocycles. The van der Waals surface area contributed by atoms with Crippen LogP contribution in [-0.4, -0.2) is 50.8 Å². The SMILES string of the molecule is Cc1cccc(N(C)C(=O)[C@@H]2CCCN2S(=O)(=O)c2cc3c(cc2C)NC(=O)CO3)c1. The smallest absolute Gasteiger partial charge is 0.262 e. The lowest BCUT2D eigenvalue weighted by Crippen LogP contribution is -2.46. The van der Waals surface area contributed by atoms with Crippen molar-refractivity contribution in [3.8, 4) is 5.75 Å². The molecule has 164 valence electrons. The molecule has 8 nitrogen and oxygen atoms in total. The molecule has 2 heterocycles. The quantitative estimate of drug-likeness (QED) is 0.783. The molecule has 1 N–H and O–H groups in total. The maximum absolute atomic E-state index is 13.5. The first-order valence-corrected chi connectivity index (χ1v) is 11.6. The Morgan fingerprint density at radius 1 is 1.23 bits per heavy atom. The third kappa shape index (κ3) is 3.90. The second kappa shape index (κ2) is 7.97. The van der Waals surface area contributed by atoms with Gasteiger partial charge >= 0.3 is 0 Å². The van der Waals surface area contributed by atoms with E-state index in [9.17, 15) is 18.0 Å². The maximum atomic E-state index is 13.5. The molecule has 1 atom stereocenters. The number of rotatable bonds is 4. The van der Waals surface area contributed by atoms with Crippen molar-refractivity contribution in [2.45, 2.75) is 37.6 Å². The Morgan fingerprint density at radius 3 is 2.74 bits per heavy atom. The van der Waals surface area contributed by atoms with Gasteiger partial charge in [-0.2, -0.15) is 4.31 Å². The van der Waals surface area contributed by atoms with Crippen LogP contribution in [0.4, 0.5) is 11.4 Å². The van der Waals surface area contributed by atoms with Crippen LogP contribution in [0.15, 0.2) is 41.3 Å². The van der Waals surface area contributed by atoms with Gasteiger partial charge in [-0.25, -0.2) is 8.42 Å². The van der Waals surface area contributed by atoms with Crippen molar-refractivity contribution in [2.75, 3.05) is 30.4 Å². The van der Waals surface area contributed by atoms with Crippen LogP contribution in [0.3, 0.4) is 0 Å². The summed E-state index contributed by atoms with van der Waals surface area (Å²) in [5.41, 5.74) is 2.67. The number of anilines is 2. The van der Waals surface area contributed by atoms with E-state index >= 15 is 0 Å². The molecular formula is C22H25N3O5S. The molecule has 0 unspecified atom stereocenters. The van der Waals surface area contributed by atoms with Gasteiger partial charge in [0.15, 0.2) is 6.61 Å². The molecule has 9 heteroatoms. The Bertz CT molecular complexity index is 1160. The van der Waals surface area contributed by atoms with Gasteiger partial charge in [0.1, 0.15) is 11.8 Å². The topological polar surface area (TPSA) is 96.0 Å². The molecule has 1 fully saturated rings. The number of ether oxygens (including phenoxy) is 1. The molecule has 0 radical (unpaired) electrons. The Hall–Kier alpha value is -2.91. The summed E-state index contributed by atoms with van der Waals surface area (Å²) in [6.07, 6.45) is 1.07. The fraction of sp³-hybridized carbons (Fsp3) is 0.364. The summed E-state index contributed by atoms with van der Waals surface area (Å²) < 4.78 is 33.8. The number of benzene rings is 2. The van der Waals surface area contributed by atoms with Gasteiger partial charge in [-0.05, 0) is 56.0 Å². The number of nitrogens with zero attached hydrogens (tertiary/aromatic N) is 2. The predicted molar refractivity (Wildman–Crippen MR) is 117 cm³/mol. The average Bonchev–Trinajstić information content (AvgIpc) is 3.23. The van der Waals surface area contributed by atoms with E-state index in [2.05, 4.69) is 5.32 Å². The van der Waals surface area contributed by atoms with Crippen LogP contribution in [0.1, 0.15) is 24.0 Å². The zero-order valence-corrected chi connectivity index (χ0v) is 18.5. The minimum absolute atomic E-state index is 0.0836. The van der Waals surface area contributed by atoms with Gasteiger partial charge in [0.2, 0.25) is 15.9 Å². The molecule has 2 amide bonds. The first-order valence-electron chi connectivity index (χ1n) is 10.1. The van der Waals surface area contributed by atoms with Crippen molar-refractivity contribution in [3.05, 3.63) is 47.5 Å². The van der Waals surface area contributed by atoms with E-state index in [1.165, 1.54) is 15.3 Å². The van der Waals surface area contributed by atoms with Crippen LogP contribution >= 0.6 is 0 Å². The van der Waals surface area contributed by atoms with Crippen LogP contribution < -0.4 is 15.0 Å². The van der Waals surface area contributed by atoms with Crippen molar-refractivity contribution in [1.29, 1.82) is 0 Å². The first-order chi connectivity index (χ1) is 14.7. The molecule has 0 bridgehead atoms. The molecule has 0 aliphatic carbocycles. The van der Waals surface area contributed by atoms with Gasteiger partial charge in [0.05, 0.1) is 10.6 Å². The molecule has 1 saturated heterocycles. The Kier molecular flexibility index (Phi) is 5.49. The van der Waals surface area contributed by atoms with Crippen LogP contribution in [0.2, 0.25) is 0 Å². The number of nitrogens with one attached hydrogen (secondary N) is 1. The highest BCUT2D eigenvalue weighted by Crippen LogP contribution is 2.36. The molecular weight excluding hydrogens is 418 g/mol. The second-order valence-electron chi connectivity index (χ2n) is 7.96. The van der Waals surface area contributed by atoms with E-state index in [1.54, 1.807) is 20.0 Å². The largest absolute Gasteiger partial charge is 0.482 e. The van der Waals surface area contributed by atoms with Crippen molar-refractivity contribution in [3.63, 3.8) is 0 Å². The molecule has 0 spiro atoms. The summed E-state index contributed by atoms with van der Waals surface area (Å²) in [5, 5.41) is 2.68.